The molecule has 0 unspecified atom stereocenters. The smallest absolute Gasteiger partial charge is 0.338 e. The van der Waals surface area contributed by atoms with Crippen LogP contribution in [0.15, 0.2) is 18.2 Å². The van der Waals surface area contributed by atoms with E-state index in [0.29, 0.717) is 25.2 Å². The lowest BCUT2D eigenvalue weighted by Gasteiger charge is -2.36. The van der Waals surface area contributed by atoms with Crippen molar-refractivity contribution in [3.05, 3.63) is 51.0 Å². The number of cyclic esters (lactones) is 1. The van der Waals surface area contributed by atoms with E-state index in [1.54, 1.807) is 12.1 Å². The summed E-state index contributed by atoms with van der Waals surface area (Å²) < 4.78 is 24.5. The van der Waals surface area contributed by atoms with Gasteiger partial charge >= 0.3 is 5.97 Å². The van der Waals surface area contributed by atoms with Gasteiger partial charge in [-0.25, -0.2) is 9.18 Å². The standard InChI is InChI=1S/C22H25FN2O4S.ClH/c1-13-9-15(30-24-13)10-20(27)22(23)5-7-25(8-6-22)11-19(26)16-3-4-17-18(14(16)2)12-29-21(17)28;/h3-4,9,19,26H,5-8,10-12H2,1-2H3;1H/t19-;/m0./s1. The van der Waals surface area contributed by atoms with E-state index in [1.165, 1.54) is 11.5 Å². The van der Waals surface area contributed by atoms with E-state index in [2.05, 4.69) is 4.37 Å². The lowest BCUT2D eigenvalue weighted by molar-refractivity contribution is -0.133. The number of hydrogen-bond acceptors (Lipinski definition) is 7. The maximum absolute atomic E-state index is 15.2. The Morgan fingerprint density at radius 3 is 2.71 bits per heavy atom. The Bertz CT molecular complexity index is 988. The van der Waals surface area contributed by atoms with Crippen LogP contribution in [-0.2, 0) is 22.6 Å². The molecule has 31 heavy (non-hydrogen) atoms. The van der Waals surface area contributed by atoms with Crippen LogP contribution >= 0.6 is 23.9 Å². The zero-order valence-corrected chi connectivity index (χ0v) is 19.2. The summed E-state index contributed by atoms with van der Waals surface area (Å²) in [5, 5.41) is 10.8. The number of aliphatic hydroxyl groups is 1. The van der Waals surface area contributed by atoms with Crippen molar-refractivity contribution in [1.82, 2.24) is 9.27 Å². The fraction of sp³-hybridized carbons (Fsp3) is 0.500. The van der Waals surface area contributed by atoms with E-state index in [-0.39, 0.29) is 50.0 Å². The van der Waals surface area contributed by atoms with Crippen molar-refractivity contribution >= 4 is 35.7 Å². The predicted molar refractivity (Wildman–Crippen MR) is 118 cm³/mol. The van der Waals surface area contributed by atoms with Gasteiger partial charge in [-0.15, -0.1) is 12.4 Å². The molecule has 0 bridgehead atoms. The molecule has 0 aliphatic carbocycles. The zero-order valence-electron chi connectivity index (χ0n) is 17.5. The molecule has 4 rings (SSSR count). The summed E-state index contributed by atoms with van der Waals surface area (Å²) in [4.78, 5) is 27.0. The minimum Gasteiger partial charge on any atom is -0.457 e. The SMILES string of the molecule is Cc1cc(CC(=O)C2(F)CCN(C[C@H](O)c3ccc4c(c3C)COC4=O)CC2)sn1.Cl. The summed E-state index contributed by atoms with van der Waals surface area (Å²) in [5.41, 5.74) is 2.01. The van der Waals surface area contributed by atoms with Crippen LogP contribution < -0.4 is 0 Å². The number of likely N-dealkylation sites (tertiary alicyclic amines) is 1. The van der Waals surface area contributed by atoms with E-state index < -0.39 is 11.8 Å². The molecule has 6 nitrogen and oxygen atoms in total. The molecular formula is C22H26ClFN2O4S. The number of carbonyl (C=O) groups excluding carboxylic acids is 2. The second-order valence-corrected chi connectivity index (χ2v) is 9.09. The molecule has 0 amide bonds. The van der Waals surface area contributed by atoms with Crippen molar-refractivity contribution in [2.24, 2.45) is 0 Å². The first-order valence-corrected chi connectivity index (χ1v) is 10.9. The number of ketones is 1. The number of carbonyl (C=O) groups is 2. The van der Waals surface area contributed by atoms with Gasteiger partial charge in [0, 0.05) is 49.3 Å². The third-order valence-corrected chi connectivity index (χ3v) is 7.03. The van der Waals surface area contributed by atoms with E-state index in [9.17, 15) is 14.7 Å². The Hall–Kier alpha value is -1.87. The Labute approximate surface area is 191 Å². The van der Waals surface area contributed by atoms with Gasteiger partial charge in [0.15, 0.2) is 11.5 Å². The van der Waals surface area contributed by atoms with Crippen molar-refractivity contribution in [1.29, 1.82) is 0 Å². The van der Waals surface area contributed by atoms with Gasteiger partial charge in [-0.05, 0) is 48.6 Å². The number of benzene rings is 1. The summed E-state index contributed by atoms with van der Waals surface area (Å²) in [5.74, 6) is -0.715. The molecule has 0 radical (unpaired) electrons. The molecule has 1 N–H and O–H groups in total. The van der Waals surface area contributed by atoms with Crippen molar-refractivity contribution in [3.8, 4) is 0 Å². The predicted octanol–water partition coefficient (Wildman–Crippen LogP) is 3.50. The Kier molecular flexibility index (Phi) is 7.15. The highest BCUT2D eigenvalue weighted by atomic mass is 35.5. The molecule has 3 heterocycles. The van der Waals surface area contributed by atoms with Gasteiger partial charge < -0.3 is 14.7 Å². The first-order valence-electron chi connectivity index (χ1n) is 10.1. The number of piperidine rings is 1. The summed E-state index contributed by atoms with van der Waals surface area (Å²) in [6.07, 6.45) is -0.419. The minimum absolute atomic E-state index is 0. The van der Waals surface area contributed by atoms with Crippen LogP contribution in [0.25, 0.3) is 0 Å². The summed E-state index contributed by atoms with van der Waals surface area (Å²) in [7, 11) is 0. The van der Waals surface area contributed by atoms with Crippen LogP contribution in [-0.4, -0.2) is 51.4 Å². The van der Waals surface area contributed by atoms with Gasteiger partial charge in [0.25, 0.3) is 0 Å². The molecule has 168 valence electrons. The molecule has 2 aromatic rings. The minimum atomic E-state index is -1.82. The van der Waals surface area contributed by atoms with Gasteiger partial charge in [0.1, 0.15) is 6.61 Å². The number of aromatic nitrogens is 1. The van der Waals surface area contributed by atoms with E-state index in [0.717, 1.165) is 27.3 Å². The second kappa shape index (κ2) is 9.32. The number of fused-ring (bicyclic) bond motifs is 1. The quantitative estimate of drug-likeness (QED) is 0.653. The topological polar surface area (TPSA) is 79.7 Å². The van der Waals surface area contributed by atoms with Gasteiger partial charge in [-0.1, -0.05) is 6.07 Å². The fourth-order valence-corrected chi connectivity index (χ4v) is 4.99. The van der Waals surface area contributed by atoms with Crippen molar-refractivity contribution in [3.63, 3.8) is 0 Å². The van der Waals surface area contributed by atoms with Gasteiger partial charge in [0.05, 0.1) is 17.4 Å². The first kappa shape index (κ1) is 23.8. The lowest BCUT2D eigenvalue weighted by atomic mass is 9.87. The molecule has 0 spiro atoms. The number of nitrogens with zero attached hydrogens (tertiary/aromatic N) is 2. The van der Waals surface area contributed by atoms with Crippen LogP contribution in [0.2, 0.25) is 0 Å². The maximum atomic E-state index is 15.2. The highest BCUT2D eigenvalue weighted by Gasteiger charge is 2.41. The Morgan fingerprint density at radius 2 is 2.06 bits per heavy atom. The number of rotatable bonds is 6. The molecule has 9 heteroatoms. The second-order valence-electron chi connectivity index (χ2n) is 8.20. The first-order chi connectivity index (χ1) is 14.3. The zero-order chi connectivity index (χ0) is 21.5. The van der Waals surface area contributed by atoms with Gasteiger partial charge in [-0.2, -0.15) is 4.37 Å². The number of β-amino-alcohol motifs (C(OH)–C–C–N with tert-alkyl or cyclic N) is 1. The Morgan fingerprint density at radius 1 is 1.35 bits per heavy atom. The maximum Gasteiger partial charge on any atom is 0.338 e. The number of esters is 1. The van der Waals surface area contributed by atoms with Crippen molar-refractivity contribution in [2.45, 2.75) is 51.5 Å². The summed E-state index contributed by atoms with van der Waals surface area (Å²) in [6.45, 7) is 5.14. The van der Waals surface area contributed by atoms with Crippen LogP contribution in [0.1, 0.15) is 56.6 Å². The molecule has 1 aromatic heterocycles. The number of hydrogen-bond donors (Lipinski definition) is 1. The van der Waals surface area contributed by atoms with Crippen LogP contribution in [0.3, 0.4) is 0 Å². The van der Waals surface area contributed by atoms with Crippen molar-refractivity contribution in [2.75, 3.05) is 19.6 Å². The molecule has 2 aliphatic heterocycles. The number of aryl methyl sites for hydroxylation is 1. The third kappa shape index (κ3) is 4.82. The summed E-state index contributed by atoms with van der Waals surface area (Å²) >= 11 is 1.25. The molecule has 1 atom stereocenters. The number of aliphatic hydroxyl groups excluding tert-OH is 1. The third-order valence-electron chi connectivity index (χ3n) is 6.16. The van der Waals surface area contributed by atoms with Crippen LogP contribution in [0.4, 0.5) is 4.39 Å². The highest BCUT2D eigenvalue weighted by molar-refractivity contribution is 7.05. The van der Waals surface area contributed by atoms with E-state index in [1.807, 2.05) is 24.8 Å². The summed E-state index contributed by atoms with van der Waals surface area (Å²) in [6, 6.07) is 5.28. The van der Waals surface area contributed by atoms with Crippen molar-refractivity contribution < 1.29 is 23.8 Å². The van der Waals surface area contributed by atoms with Crippen LogP contribution in [0, 0.1) is 13.8 Å². The van der Waals surface area contributed by atoms with E-state index >= 15 is 4.39 Å². The molecule has 0 saturated carbocycles. The number of Topliss-reactive ketones (excluding diaryl/α,β-unsaturated/α-hetero) is 1. The lowest BCUT2D eigenvalue weighted by Crippen LogP contribution is -2.47. The molecule has 1 fully saturated rings. The molecular weight excluding hydrogens is 443 g/mol. The average Bonchev–Trinajstić information content (AvgIpc) is 3.30. The van der Waals surface area contributed by atoms with Gasteiger partial charge in [-0.3, -0.25) is 4.79 Å². The van der Waals surface area contributed by atoms with E-state index in [4.69, 9.17) is 4.74 Å². The highest BCUT2D eigenvalue weighted by Crippen LogP contribution is 2.32. The average molecular weight is 469 g/mol. The Balaban J connectivity index is 0.00000272. The van der Waals surface area contributed by atoms with Crippen LogP contribution in [0.5, 0.6) is 0 Å². The largest absolute Gasteiger partial charge is 0.457 e. The normalized spacial score (nSPS) is 18.8. The number of alkyl halides is 1. The monoisotopic (exact) mass is 468 g/mol. The molecule has 1 aromatic carbocycles. The number of ether oxygens (including phenoxy) is 1. The number of halogens is 2. The molecule has 1 saturated heterocycles. The fourth-order valence-electron chi connectivity index (χ4n) is 4.26. The molecule has 2 aliphatic rings. The van der Waals surface area contributed by atoms with Gasteiger partial charge in [0.2, 0.25) is 0 Å².